The Bertz CT molecular complexity index is 719. The Hall–Kier alpha value is -0.790. The SMILES string of the molecule is CCC1(C)CC(OC(=O)CCSCCC(=O)OC2CC(C)(CC)NC(C)(CC)C2C)C(C)C(C)(CC)N1. The van der Waals surface area contributed by atoms with Crippen molar-refractivity contribution in [2.45, 2.75) is 155 Å². The van der Waals surface area contributed by atoms with Gasteiger partial charge in [-0.1, -0.05) is 41.5 Å². The normalized spacial score (nSPS) is 40.3. The highest BCUT2D eigenvalue weighted by Gasteiger charge is 2.49. The first-order valence-corrected chi connectivity index (χ1v) is 15.9. The summed E-state index contributed by atoms with van der Waals surface area (Å²) in [4.78, 5) is 25.4. The summed E-state index contributed by atoms with van der Waals surface area (Å²) < 4.78 is 12.0. The zero-order valence-electron chi connectivity index (χ0n) is 25.4. The molecule has 0 aliphatic carbocycles. The molecule has 0 aromatic rings. The molecule has 2 aliphatic heterocycles. The standard InChI is InChI=1S/C30H56N2O4S/c1-11-27(7)19-23(21(5)29(9,13-3)31-27)35-25(33)15-17-37-18-16-26(34)36-24-20-28(8,12-2)32-30(10,14-4)22(24)6/h21-24,31-32H,11-20H2,1-10H3. The van der Waals surface area contributed by atoms with Gasteiger partial charge in [0, 0.05) is 58.3 Å². The second kappa shape index (κ2) is 13.0. The van der Waals surface area contributed by atoms with Crippen molar-refractivity contribution in [3.8, 4) is 0 Å². The highest BCUT2D eigenvalue weighted by atomic mass is 32.2. The van der Waals surface area contributed by atoms with Gasteiger partial charge in [0.05, 0.1) is 12.8 Å². The number of hydrogen-bond donors (Lipinski definition) is 2. The predicted octanol–water partition coefficient (Wildman–Crippen LogP) is 6.26. The molecule has 2 heterocycles. The van der Waals surface area contributed by atoms with Crippen molar-refractivity contribution >= 4 is 23.7 Å². The molecule has 6 nitrogen and oxygen atoms in total. The van der Waals surface area contributed by atoms with E-state index in [1.165, 1.54) is 0 Å². The summed E-state index contributed by atoms with van der Waals surface area (Å²) in [6, 6.07) is 0. The molecule has 0 amide bonds. The molecule has 2 fully saturated rings. The molecule has 0 radical (unpaired) electrons. The summed E-state index contributed by atoms with van der Waals surface area (Å²) in [5.41, 5.74) is -0.130. The number of piperidine rings is 2. The van der Waals surface area contributed by atoms with E-state index in [9.17, 15) is 9.59 Å². The number of carbonyl (C=O) groups excluding carboxylic acids is 2. The van der Waals surface area contributed by atoms with E-state index in [0.29, 0.717) is 24.3 Å². The lowest BCUT2D eigenvalue weighted by Gasteiger charge is -2.52. The van der Waals surface area contributed by atoms with Crippen LogP contribution in [-0.4, -0.2) is 57.8 Å². The van der Waals surface area contributed by atoms with E-state index in [1.807, 2.05) is 0 Å². The molecule has 2 rings (SSSR count). The number of thioether (sulfide) groups is 1. The highest BCUT2D eigenvalue weighted by molar-refractivity contribution is 7.99. The number of nitrogens with one attached hydrogen (secondary N) is 2. The summed E-state index contributed by atoms with van der Waals surface area (Å²) in [5, 5.41) is 7.67. The van der Waals surface area contributed by atoms with Gasteiger partial charge in [0.25, 0.3) is 0 Å². The van der Waals surface area contributed by atoms with E-state index in [1.54, 1.807) is 11.8 Å². The number of rotatable bonds is 12. The van der Waals surface area contributed by atoms with E-state index in [2.05, 4.69) is 79.9 Å². The molecule has 2 N–H and O–H groups in total. The molecule has 2 saturated heterocycles. The monoisotopic (exact) mass is 540 g/mol. The van der Waals surface area contributed by atoms with Crippen molar-refractivity contribution < 1.29 is 19.1 Å². The fourth-order valence-corrected chi connectivity index (χ4v) is 7.04. The molecule has 37 heavy (non-hydrogen) atoms. The third-order valence-corrected chi connectivity index (χ3v) is 11.1. The third-order valence-electron chi connectivity index (χ3n) is 10.1. The quantitative estimate of drug-likeness (QED) is 0.224. The molecule has 0 spiro atoms. The molecule has 0 bridgehead atoms. The Morgan fingerprint density at radius 3 is 1.35 bits per heavy atom. The summed E-state index contributed by atoms with van der Waals surface area (Å²) >= 11 is 1.63. The van der Waals surface area contributed by atoms with Gasteiger partial charge in [0.15, 0.2) is 0 Å². The Morgan fingerprint density at radius 2 is 1.05 bits per heavy atom. The average molecular weight is 541 g/mol. The minimum absolute atomic E-state index is 0.0215. The topological polar surface area (TPSA) is 76.7 Å². The lowest BCUT2D eigenvalue weighted by molar-refractivity contribution is -0.159. The fraction of sp³-hybridized carbons (Fsp3) is 0.933. The number of carbonyl (C=O) groups is 2. The summed E-state index contributed by atoms with van der Waals surface area (Å²) in [6.45, 7) is 22.1. The zero-order chi connectivity index (χ0) is 28.1. The Labute approximate surface area is 231 Å². The van der Waals surface area contributed by atoms with Crippen molar-refractivity contribution in [3.05, 3.63) is 0 Å². The minimum Gasteiger partial charge on any atom is -0.462 e. The van der Waals surface area contributed by atoms with E-state index in [4.69, 9.17) is 9.47 Å². The van der Waals surface area contributed by atoms with Gasteiger partial charge in [-0.2, -0.15) is 11.8 Å². The van der Waals surface area contributed by atoms with Crippen LogP contribution in [0, 0.1) is 11.8 Å². The second-order valence-electron chi connectivity index (χ2n) is 12.8. The van der Waals surface area contributed by atoms with Crippen LogP contribution >= 0.6 is 11.8 Å². The van der Waals surface area contributed by atoms with Crippen molar-refractivity contribution in [2.24, 2.45) is 11.8 Å². The summed E-state index contributed by atoms with van der Waals surface area (Å²) in [6.07, 6.45) is 6.28. The van der Waals surface area contributed by atoms with Crippen LogP contribution in [0.1, 0.15) is 121 Å². The van der Waals surface area contributed by atoms with Gasteiger partial charge in [-0.3, -0.25) is 9.59 Å². The van der Waals surface area contributed by atoms with E-state index in [-0.39, 0.29) is 58.1 Å². The van der Waals surface area contributed by atoms with Crippen LogP contribution in [0.4, 0.5) is 0 Å². The Morgan fingerprint density at radius 1 is 0.703 bits per heavy atom. The molecule has 0 aromatic carbocycles. The summed E-state index contributed by atoms with van der Waals surface area (Å²) in [7, 11) is 0. The number of hydrogen-bond acceptors (Lipinski definition) is 7. The minimum atomic E-state index is -0.132. The lowest BCUT2D eigenvalue weighted by atomic mass is 9.70. The molecular weight excluding hydrogens is 484 g/mol. The molecule has 8 unspecified atom stereocenters. The number of ether oxygens (including phenoxy) is 2. The molecule has 0 aromatic heterocycles. The van der Waals surface area contributed by atoms with Gasteiger partial charge in [-0.15, -0.1) is 0 Å². The highest BCUT2D eigenvalue weighted by Crippen LogP contribution is 2.40. The van der Waals surface area contributed by atoms with Crippen molar-refractivity contribution in [2.75, 3.05) is 11.5 Å². The van der Waals surface area contributed by atoms with Crippen LogP contribution in [0.5, 0.6) is 0 Å². The van der Waals surface area contributed by atoms with Crippen LogP contribution in [0.2, 0.25) is 0 Å². The van der Waals surface area contributed by atoms with E-state index < -0.39 is 0 Å². The third kappa shape index (κ3) is 8.11. The van der Waals surface area contributed by atoms with Gasteiger partial charge in [0.2, 0.25) is 0 Å². The molecule has 7 heteroatoms. The second-order valence-corrected chi connectivity index (χ2v) is 14.0. The largest absolute Gasteiger partial charge is 0.462 e. The maximum atomic E-state index is 12.7. The predicted molar refractivity (Wildman–Crippen MR) is 155 cm³/mol. The fourth-order valence-electron chi connectivity index (χ4n) is 6.21. The van der Waals surface area contributed by atoms with Crippen LogP contribution in [0.3, 0.4) is 0 Å². The van der Waals surface area contributed by atoms with Gasteiger partial charge in [-0.25, -0.2) is 0 Å². The van der Waals surface area contributed by atoms with Gasteiger partial charge in [0.1, 0.15) is 12.2 Å². The first kappa shape index (κ1) is 32.4. The lowest BCUT2D eigenvalue weighted by Crippen LogP contribution is -2.66. The average Bonchev–Trinajstić information content (AvgIpc) is 2.85. The smallest absolute Gasteiger partial charge is 0.306 e. The maximum Gasteiger partial charge on any atom is 0.306 e. The Balaban J connectivity index is 1.77. The van der Waals surface area contributed by atoms with E-state index >= 15 is 0 Å². The van der Waals surface area contributed by atoms with Crippen LogP contribution in [-0.2, 0) is 19.1 Å². The van der Waals surface area contributed by atoms with Gasteiger partial charge >= 0.3 is 11.9 Å². The first-order chi connectivity index (χ1) is 17.2. The van der Waals surface area contributed by atoms with Crippen LogP contribution in [0.15, 0.2) is 0 Å². The van der Waals surface area contributed by atoms with E-state index in [0.717, 1.165) is 38.5 Å². The van der Waals surface area contributed by atoms with Crippen LogP contribution < -0.4 is 10.6 Å². The van der Waals surface area contributed by atoms with Crippen molar-refractivity contribution in [1.82, 2.24) is 10.6 Å². The molecule has 2 aliphatic rings. The van der Waals surface area contributed by atoms with Crippen LogP contribution in [0.25, 0.3) is 0 Å². The van der Waals surface area contributed by atoms with Crippen molar-refractivity contribution in [1.29, 1.82) is 0 Å². The first-order valence-electron chi connectivity index (χ1n) is 14.7. The zero-order valence-corrected chi connectivity index (χ0v) is 26.2. The summed E-state index contributed by atoms with van der Waals surface area (Å²) in [5.74, 6) is 1.56. The number of esters is 2. The van der Waals surface area contributed by atoms with Crippen molar-refractivity contribution in [3.63, 3.8) is 0 Å². The molecular formula is C30H56N2O4S. The molecule has 0 saturated carbocycles. The molecule has 216 valence electrons. The molecule has 8 atom stereocenters. The Kier molecular flexibility index (Phi) is 11.4. The van der Waals surface area contributed by atoms with Gasteiger partial charge in [-0.05, 0) is 53.4 Å². The maximum absolute atomic E-state index is 12.7. The van der Waals surface area contributed by atoms with Gasteiger partial charge < -0.3 is 20.1 Å².